The largest absolute Gasteiger partial charge is 0.374 e. The number of ether oxygens (including phenoxy) is 1. The van der Waals surface area contributed by atoms with Gasteiger partial charge in [0.15, 0.2) is 0 Å². The predicted molar refractivity (Wildman–Crippen MR) is 78.1 cm³/mol. The van der Waals surface area contributed by atoms with E-state index in [0.29, 0.717) is 5.69 Å². The molecule has 0 radical (unpaired) electrons. The number of nitrogens with zero attached hydrogens (tertiary/aromatic N) is 3. The summed E-state index contributed by atoms with van der Waals surface area (Å²) in [7, 11) is 0. The molecule has 2 aromatic rings. The first-order valence-electron chi connectivity index (χ1n) is 6.86. The number of aromatic nitrogens is 3. The van der Waals surface area contributed by atoms with Crippen LogP contribution in [0.25, 0.3) is 5.82 Å². The van der Waals surface area contributed by atoms with Gasteiger partial charge < -0.3 is 10.1 Å². The summed E-state index contributed by atoms with van der Waals surface area (Å²) in [6.45, 7) is 0.774. The van der Waals surface area contributed by atoms with E-state index in [9.17, 15) is 4.79 Å². The van der Waals surface area contributed by atoms with Crippen molar-refractivity contribution < 1.29 is 9.53 Å². The van der Waals surface area contributed by atoms with Gasteiger partial charge in [0.2, 0.25) is 5.91 Å². The predicted octanol–water partition coefficient (Wildman–Crippen LogP) is 1.94. The molecule has 0 aromatic carbocycles. The fraction of sp³-hybridized carbons (Fsp3) is 0.267. The summed E-state index contributed by atoms with van der Waals surface area (Å²) < 4.78 is 7.22. The number of anilines is 1. The first-order valence-corrected chi connectivity index (χ1v) is 6.86. The molecule has 0 saturated carbocycles. The zero-order valence-corrected chi connectivity index (χ0v) is 11.5. The molecule has 0 bridgehead atoms. The van der Waals surface area contributed by atoms with Crippen molar-refractivity contribution in [2.24, 2.45) is 0 Å². The number of carbonyl (C=O) groups excluding carboxylic acids is 1. The highest BCUT2D eigenvalue weighted by Gasteiger charge is 2.12. The maximum absolute atomic E-state index is 11.8. The highest BCUT2D eigenvalue weighted by atomic mass is 16.5. The SMILES string of the molecule is O=C(/C=C/C1CCCO1)Nc1ccc(-n2ccnc2)nc1. The molecule has 3 rings (SSSR count). The highest BCUT2D eigenvalue weighted by Crippen LogP contribution is 2.13. The van der Waals surface area contributed by atoms with Gasteiger partial charge in [0.25, 0.3) is 0 Å². The molecule has 1 fully saturated rings. The number of rotatable bonds is 4. The number of hydrogen-bond acceptors (Lipinski definition) is 4. The van der Waals surface area contributed by atoms with E-state index in [1.54, 1.807) is 35.4 Å². The zero-order chi connectivity index (χ0) is 14.5. The standard InChI is InChI=1S/C15H16N4O2/c20-15(6-4-13-2-1-9-21-13)18-12-3-5-14(17-10-12)19-8-7-16-11-19/h3-8,10-11,13H,1-2,9H2,(H,18,20)/b6-4+. The maximum atomic E-state index is 11.8. The Morgan fingerprint density at radius 3 is 3.10 bits per heavy atom. The van der Waals surface area contributed by atoms with Gasteiger partial charge in [-0.1, -0.05) is 6.08 Å². The van der Waals surface area contributed by atoms with Crippen LogP contribution in [0.2, 0.25) is 0 Å². The molecule has 1 saturated heterocycles. The Kier molecular flexibility index (Phi) is 4.07. The van der Waals surface area contributed by atoms with Crippen LogP contribution >= 0.6 is 0 Å². The summed E-state index contributed by atoms with van der Waals surface area (Å²) in [5, 5.41) is 2.77. The zero-order valence-electron chi connectivity index (χ0n) is 11.5. The number of pyridine rings is 1. The van der Waals surface area contributed by atoms with Crippen molar-refractivity contribution in [3.05, 3.63) is 49.2 Å². The lowest BCUT2D eigenvalue weighted by Gasteiger charge is -2.05. The van der Waals surface area contributed by atoms with E-state index in [4.69, 9.17) is 4.74 Å². The van der Waals surface area contributed by atoms with E-state index in [2.05, 4.69) is 15.3 Å². The van der Waals surface area contributed by atoms with Gasteiger partial charge in [0, 0.05) is 25.1 Å². The fourth-order valence-corrected chi connectivity index (χ4v) is 2.14. The maximum Gasteiger partial charge on any atom is 0.248 e. The summed E-state index contributed by atoms with van der Waals surface area (Å²) in [4.78, 5) is 20.0. The molecule has 1 N–H and O–H groups in total. The van der Waals surface area contributed by atoms with Crippen LogP contribution in [0.4, 0.5) is 5.69 Å². The van der Waals surface area contributed by atoms with Gasteiger partial charge in [-0.3, -0.25) is 9.36 Å². The third kappa shape index (κ3) is 3.55. The molecule has 2 aromatic heterocycles. The second-order valence-corrected chi connectivity index (χ2v) is 4.77. The van der Waals surface area contributed by atoms with Crippen molar-refractivity contribution in [1.82, 2.24) is 14.5 Å². The fourth-order valence-electron chi connectivity index (χ4n) is 2.14. The van der Waals surface area contributed by atoms with E-state index in [0.717, 1.165) is 25.3 Å². The molecule has 6 nitrogen and oxygen atoms in total. The molecular weight excluding hydrogens is 268 g/mol. The number of hydrogen-bond donors (Lipinski definition) is 1. The van der Waals surface area contributed by atoms with Crippen LogP contribution < -0.4 is 5.32 Å². The van der Waals surface area contributed by atoms with Crippen LogP contribution in [0.5, 0.6) is 0 Å². The van der Waals surface area contributed by atoms with E-state index in [1.165, 1.54) is 6.08 Å². The number of imidazole rings is 1. The van der Waals surface area contributed by atoms with Gasteiger partial charge in [-0.15, -0.1) is 0 Å². The summed E-state index contributed by atoms with van der Waals surface area (Å²) in [5.41, 5.74) is 0.654. The van der Waals surface area contributed by atoms with Crippen LogP contribution in [0, 0.1) is 0 Å². The minimum Gasteiger partial charge on any atom is -0.374 e. The molecule has 0 aliphatic carbocycles. The average Bonchev–Trinajstić information content (AvgIpc) is 3.19. The lowest BCUT2D eigenvalue weighted by atomic mass is 10.2. The Bertz CT molecular complexity index is 614. The average molecular weight is 284 g/mol. The van der Waals surface area contributed by atoms with Crippen molar-refractivity contribution in [2.75, 3.05) is 11.9 Å². The van der Waals surface area contributed by atoms with Gasteiger partial charge in [-0.05, 0) is 25.0 Å². The molecule has 1 atom stereocenters. The Hall–Kier alpha value is -2.47. The van der Waals surface area contributed by atoms with Gasteiger partial charge in [-0.2, -0.15) is 0 Å². The smallest absolute Gasteiger partial charge is 0.248 e. The summed E-state index contributed by atoms with van der Waals surface area (Å²) in [5.74, 6) is 0.572. The van der Waals surface area contributed by atoms with Gasteiger partial charge in [0.05, 0.1) is 18.0 Å². The molecule has 1 unspecified atom stereocenters. The van der Waals surface area contributed by atoms with Gasteiger partial charge in [0.1, 0.15) is 12.1 Å². The number of nitrogens with one attached hydrogen (secondary N) is 1. The van der Waals surface area contributed by atoms with Crippen molar-refractivity contribution in [2.45, 2.75) is 18.9 Å². The Morgan fingerprint density at radius 2 is 2.43 bits per heavy atom. The monoisotopic (exact) mass is 284 g/mol. The van der Waals surface area contributed by atoms with Crippen molar-refractivity contribution in [3.8, 4) is 5.82 Å². The highest BCUT2D eigenvalue weighted by molar-refractivity contribution is 5.99. The minimum atomic E-state index is -0.178. The Balaban J connectivity index is 1.58. The van der Waals surface area contributed by atoms with E-state index in [1.807, 2.05) is 12.3 Å². The third-order valence-corrected chi connectivity index (χ3v) is 3.21. The van der Waals surface area contributed by atoms with Crippen LogP contribution in [0.15, 0.2) is 49.2 Å². The van der Waals surface area contributed by atoms with Crippen LogP contribution in [0.1, 0.15) is 12.8 Å². The molecule has 1 amide bonds. The lowest BCUT2D eigenvalue weighted by molar-refractivity contribution is -0.112. The quantitative estimate of drug-likeness (QED) is 0.871. The van der Waals surface area contributed by atoms with Crippen LogP contribution in [-0.4, -0.2) is 33.2 Å². The first kappa shape index (κ1) is 13.5. The molecule has 6 heteroatoms. The van der Waals surface area contributed by atoms with Crippen LogP contribution in [0.3, 0.4) is 0 Å². The minimum absolute atomic E-state index is 0.0671. The normalized spacial score (nSPS) is 18.2. The summed E-state index contributed by atoms with van der Waals surface area (Å²) in [6, 6.07) is 3.63. The molecule has 21 heavy (non-hydrogen) atoms. The number of carbonyl (C=O) groups is 1. The third-order valence-electron chi connectivity index (χ3n) is 3.21. The lowest BCUT2D eigenvalue weighted by Crippen LogP contribution is -2.10. The summed E-state index contributed by atoms with van der Waals surface area (Å²) in [6.07, 6.45) is 12.2. The van der Waals surface area contributed by atoms with Gasteiger partial charge >= 0.3 is 0 Å². The molecule has 108 valence electrons. The van der Waals surface area contributed by atoms with Crippen molar-refractivity contribution in [1.29, 1.82) is 0 Å². The number of amides is 1. The first-order chi connectivity index (χ1) is 10.3. The van der Waals surface area contributed by atoms with E-state index < -0.39 is 0 Å². The Morgan fingerprint density at radius 1 is 1.48 bits per heavy atom. The molecule has 1 aliphatic heterocycles. The molecule has 1 aliphatic rings. The topological polar surface area (TPSA) is 69.0 Å². The second kappa shape index (κ2) is 6.32. The van der Waals surface area contributed by atoms with E-state index in [-0.39, 0.29) is 12.0 Å². The van der Waals surface area contributed by atoms with Crippen molar-refractivity contribution in [3.63, 3.8) is 0 Å². The van der Waals surface area contributed by atoms with E-state index >= 15 is 0 Å². The second-order valence-electron chi connectivity index (χ2n) is 4.77. The molecular formula is C15H16N4O2. The van der Waals surface area contributed by atoms with Gasteiger partial charge in [-0.25, -0.2) is 9.97 Å². The molecule has 3 heterocycles. The Labute approximate surface area is 122 Å². The summed E-state index contributed by atoms with van der Waals surface area (Å²) >= 11 is 0. The molecule has 0 spiro atoms. The van der Waals surface area contributed by atoms with Crippen LogP contribution in [-0.2, 0) is 9.53 Å². The van der Waals surface area contributed by atoms with Crippen molar-refractivity contribution >= 4 is 11.6 Å².